The number of aliphatic imine (C=N–C) groups is 1. The Labute approximate surface area is 149 Å². The molecule has 1 unspecified atom stereocenters. The summed E-state index contributed by atoms with van der Waals surface area (Å²) in [6.45, 7) is 7.10. The van der Waals surface area contributed by atoms with Crippen molar-refractivity contribution in [2.45, 2.75) is 37.5 Å². The average Bonchev–Trinajstić information content (AvgIpc) is 2.59. The van der Waals surface area contributed by atoms with Crippen molar-refractivity contribution in [2.75, 3.05) is 37.8 Å². The zero-order valence-electron chi connectivity index (χ0n) is 15.1. The lowest BCUT2D eigenvalue weighted by molar-refractivity contribution is 0.466. The number of anilines is 1. The summed E-state index contributed by atoms with van der Waals surface area (Å²) < 4.78 is 13.6. The van der Waals surface area contributed by atoms with E-state index in [9.17, 15) is 4.39 Å². The number of hydrogen-bond donors (Lipinski definition) is 2. The molecule has 2 rings (SSSR count). The van der Waals surface area contributed by atoms with Gasteiger partial charge in [0.15, 0.2) is 5.96 Å². The zero-order chi connectivity index (χ0) is 17.6. The van der Waals surface area contributed by atoms with Crippen LogP contribution in [0.5, 0.6) is 0 Å². The van der Waals surface area contributed by atoms with Gasteiger partial charge >= 0.3 is 0 Å². The molecule has 4 nitrogen and oxygen atoms in total. The molecule has 24 heavy (non-hydrogen) atoms. The van der Waals surface area contributed by atoms with Crippen LogP contribution in [0.4, 0.5) is 10.1 Å². The van der Waals surface area contributed by atoms with Crippen LogP contribution in [0.1, 0.15) is 26.7 Å². The highest BCUT2D eigenvalue weighted by Crippen LogP contribution is 2.21. The molecule has 0 saturated carbocycles. The van der Waals surface area contributed by atoms with E-state index in [2.05, 4.69) is 40.6 Å². The van der Waals surface area contributed by atoms with Crippen LogP contribution in [0.25, 0.3) is 0 Å². The number of halogens is 1. The van der Waals surface area contributed by atoms with Crippen molar-refractivity contribution >= 4 is 23.4 Å². The number of nitrogens with one attached hydrogen (secondary N) is 2. The third-order valence-electron chi connectivity index (χ3n) is 4.39. The maximum Gasteiger partial charge on any atom is 0.191 e. The van der Waals surface area contributed by atoms with Crippen molar-refractivity contribution < 1.29 is 4.39 Å². The highest BCUT2D eigenvalue weighted by Gasteiger charge is 2.22. The molecule has 0 aliphatic carbocycles. The first-order valence-corrected chi connectivity index (χ1v) is 9.69. The van der Waals surface area contributed by atoms with Gasteiger partial charge < -0.3 is 15.5 Å². The van der Waals surface area contributed by atoms with Gasteiger partial charge in [-0.05, 0) is 51.1 Å². The summed E-state index contributed by atoms with van der Waals surface area (Å²) in [5.74, 6) is 0.655. The van der Waals surface area contributed by atoms with Crippen LogP contribution in [0.2, 0.25) is 0 Å². The number of guanidine groups is 1. The minimum atomic E-state index is -0.181. The third kappa shape index (κ3) is 5.58. The summed E-state index contributed by atoms with van der Waals surface area (Å²) in [7, 11) is 1.80. The van der Waals surface area contributed by atoms with Gasteiger partial charge in [0, 0.05) is 43.2 Å². The molecule has 0 amide bonds. The number of thioether (sulfide) groups is 1. The van der Waals surface area contributed by atoms with Crippen molar-refractivity contribution in [1.82, 2.24) is 10.6 Å². The summed E-state index contributed by atoms with van der Waals surface area (Å²) in [6, 6.07) is 7.15. The molecule has 0 spiro atoms. The van der Waals surface area contributed by atoms with Crippen molar-refractivity contribution in [3.63, 3.8) is 0 Å². The Bertz CT molecular complexity index is 562. The van der Waals surface area contributed by atoms with Gasteiger partial charge in [0.1, 0.15) is 5.82 Å². The second-order valence-corrected chi connectivity index (χ2v) is 8.31. The van der Waals surface area contributed by atoms with Crippen LogP contribution >= 0.6 is 11.8 Å². The fourth-order valence-corrected chi connectivity index (χ4v) is 2.98. The first-order valence-electron chi connectivity index (χ1n) is 8.46. The predicted octanol–water partition coefficient (Wildman–Crippen LogP) is 3.10. The summed E-state index contributed by atoms with van der Waals surface area (Å²) in [5.41, 5.74) is 0.952. The fourth-order valence-electron chi connectivity index (χ4n) is 2.76. The molecule has 0 bridgehead atoms. The maximum absolute atomic E-state index is 13.5. The van der Waals surface area contributed by atoms with E-state index in [4.69, 9.17) is 0 Å². The Kier molecular flexibility index (Phi) is 6.78. The third-order valence-corrected chi connectivity index (χ3v) is 5.64. The predicted molar refractivity (Wildman–Crippen MR) is 104 cm³/mol. The van der Waals surface area contributed by atoms with Crippen LogP contribution in [0.3, 0.4) is 0 Å². The summed E-state index contributed by atoms with van der Waals surface area (Å²) >= 11 is 1.84. The molecule has 1 heterocycles. The lowest BCUT2D eigenvalue weighted by atomic mass is 10.0. The number of nitrogens with zero attached hydrogens (tertiary/aromatic N) is 2. The highest BCUT2D eigenvalue weighted by atomic mass is 32.2. The van der Waals surface area contributed by atoms with Crippen molar-refractivity contribution in [1.29, 1.82) is 0 Å². The van der Waals surface area contributed by atoms with E-state index in [-0.39, 0.29) is 10.6 Å². The molecule has 0 radical (unpaired) electrons. The second kappa shape index (κ2) is 8.60. The van der Waals surface area contributed by atoms with Gasteiger partial charge in [-0.2, -0.15) is 11.8 Å². The van der Waals surface area contributed by atoms with Gasteiger partial charge in [-0.1, -0.05) is 6.07 Å². The highest BCUT2D eigenvalue weighted by molar-refractivity contribution is 7.99. The van der Waals surface area contributed by atoms with Crippen molar-refractivity contribution in [3.8, 4) is 0 Å². The van der Waals surface area contributed by atoms with Crippen LogP contribution in [0, 0.1) is 5.82 Å². The van der Waals surface area contributed by atoms with E-state index < -0.39 is 0 Å². The first-order chi connectivity index (χ1) is 11.4. The summed E-state index contributed by atoms with van der Waals surface area (Å²) in [4.78, 5) is 6.58. The number of benzene rings is 1. The minimum Gasteiger partial charge on any atom is -0.369 e. The molecule has 1 aliphatic rings. The Morgan fingerprint density at radius 1 is 1.46 bits per heavy atom. The van der Waals surface area contributed by atoms with Gasteiger partial charge in [-0.25, -0.2) is 4.39 Å². The molecule has 134 valence electrons. The van der Waals surface area contributed by atoms with Crippen LogP contribution < -0.4 is 15.5 Å². The lowest BCUT2D eigenvalue weighted by Gasteiger charge is -2.35. The molecular weight excluding hydrogens is 323 g/mol. The Balaban J connectivity index is 1.92. The topological polar surface area (TPSA) is 39.7 Å². The van der Waals surface area contributed by atoms with E-state index in [0.29, 0.717) is 6.04 Å². The fraction of sp³-hybridized carbons (Fsp3) is 0.611. The number of rotatable bonds is 5. The van der Waals surface area contributed by atoms with E-state index in [1.54, 1.807) is 19.2 Å². The van der Waals surface area contributed by atoms with Gasteiger partial charge in [0.2, 0.25) is 0 Å². The molecule has 1 aliphatic heterocycles. The van der Waals surface area contributed by atoms with E-state index in [0.717, 1.165) is 44.1 Å². The van der Waals surface area contributed by atoms with E-state index in [1.165, 1.54) is 6.07 Å². The molecule has 6 heteroatoms. The van der Waals surface area contributed by atoms with Crippen LogP contribution in [-0.4, -0.2) is 49.7 Å². The van der Waals surface area contributed by atoms with Gasteiger partial charge in [-0.15, -0.1) is 0 Å². The Morgan fingerprint density at radius 2 is 2.25 bits per heavy atom. The van der Waals surface area contributed by atoms with Gasteiger partial charge in [-0.3, -0.25) is 4.99 Å². The lowest BCUT2D eigenvalue weighted by Crippen LogP contribution is -2.52. The quantitative estimate of drug-likeness (QED) is 0.631. The molecular formula is C18H29FN4S. The molecule has 1 aromatic carbocycles. The molecule has 2 N–H and O–H groups in total. The Hall–Kier alpha value is -1.43. The average molecular weight is 353 g/mol. The second-order valence-electron chi connectivity index (χ2n) is 6.80. The monoisotopic (exact) mass is 352 g/mol. The molecule has 1 aromatic rings. The summed E-state index contributed by atoms with van der Waals surface area (Å²) in [6.07, 6.45) is 4.30. The molecule has 1 saturated heterocycles. The first kappa shape index (κ1) is 18.9. The SMILES string of the molecule is CN=C(NCC(C)(C)SC)NC1CCCN(c2cccc(F)c2)C1. The standard InChI is InChI=1S/C18H29FN4S/c1-18(2,24-4)13-21-17(20-3)22-15-8-6-10-23(12-15)16-9-5-7-14(19)11-16/h5,7,9,11,15H,6,8,10,12-13H2,1-4H3,(H2,20,21,22). The molecule has 1 fully saturated rings. The van der Waals surface area contributed by atoms with E-state index in [1.807, 2.05) is 17.8 Å². The van der Waals surface area contributed by atoms with Crippen molar-refractivity contribution in [3.05, 3.63) is 30.1 Å². The summed E-state index contributed by atoms with van der Waals surface area (Å²) in [5, 5.41) is 6.92. The number of piperidine rings is 1. The maximum atomic E-state index is 13.5. The van der Waals surface area contributed by atoms with Gasteiger partial charge in [0.25, 0.3) is 0 Å². The largest absolute Gasteiger partial charge is 0.369 e. The molecule has 0 aromatic heterocycles. The normalized spacial score (nSPS) is 19.3. The van der Waals surface area contributed by atoms with Crippen molar-refractivity contribution in [2.24, 2.45) is 4.99 Å². The van der Waals surface area contributed by atoms with Gasteiger partial charge in [0.05, 0.1) is 0 Å². The van der Waals surface area contributed by atoms with Crippen LogP contribution in [-0.2, 0) is 0 Å². The smallest absolute Gasteiger partial charge is 0.191 e. The molecule has 1 atom stereocenters. The Morgan fingerprint density at radius 3 is 2.92 bits per heavy atom. The van der Waals surface area contributed by atoms with Crippen LogP contribution in [0.15, 0.2) is 29.3 Å². The minimum absolute atomic E-state index is 0.164. The number of hydrogen-bond acceptors (Lipinski definition) is 3. The van der Waals surface area contributed by atoms with E-state index >= 15 is 0 Å². The zero-order valence-corrected chi connectivity index (χ0v) is 15.9.